The molecule has 0 amide bonds. The fourth-order valence-electron chi connectivity index (χ4n) is 2.46. The van der Waals surface area contributed by atoms with Crippen LogP contribution in [0.3, 0.4) is 0 Å². The van der Waals surface area contributed by atoms with Crippen LogP contribution < -0.4 is 0 Å². The molecule has 16 heavy (non-hydrogen) atoms. The number of rotatable bonds is 3. The molecule has 0 radical (unpaired) electrons. The van der Waals surface area contributed by atoms with Crippen LogP contribution in [0.15, 0.2) is 30.3 Å². The lowest BCUT2D eigenvalue weighted by Gasteiger charge is -2.19. The van der Waals surface area contributed by atoms with Crippen molar-refractivity contribution in [2.24, 2.45) is 5.92 Å². The molecule has 1 aliphatic rings. The standard InChI is InChI=1S/C14H20N2/c1-2-6-12-9-10-16(11-12)14(15)13-7-4-3-5-8-13/h3-5,7-8,12,15H,2,6,9-11H2,1H3. The van der Waals surface area contributed by atoms with Crippen molar-refractivity contribution in [3.63, 3.8) is 0 Å². The van der Waals surface area contributed by atoms with Gasteiger partial charge in [0.2, 0.25) is 0 Å². The van der Waals surface area contributed by atoms with Gasteiger partial charge in [-0.3, -0.25) is 5.41 Å². The Bertz CT molecular complexity index is 345. The minimum absolute atomic E-state index is 0.694. The van der Waals surface area contributed by atoms with E-state index in [4.69, 9.17) is 5.41 Å². The van der Waals surface area contributed by atoms with E-state index in [1.807, 2.05) is 30.3 Å². The maximum atomic E-state index is 8.18. The summed E-state index contributed by atoms with van der Waals surface area (Å²) in [5, 5.41) is 8.18. The summed E-state index contributed by atoms with van der Waals surface area (Å²) in [7, 11) is 0. The number of hydrogen-bond acceptors (Lipinski definition) is 1. The van der Waals surface area contributed by atoms with Crippen molar-refractivity contribution in [2.45, 2.75) is 26.2 Å². The SMILES string of the molecule is CCCC1CCN(C(=N)c2ccccc2)C1. The van der Waals surface area contributed by atoms with Crippen molar-refractivity contribution < 1.29 is 0 Å². The Balaban J connectivity index is 1.97. The molecule has 1 aliphatic heterocycles. The first-order chi connectivity index (χ1) is 7.81. The van der Waals surface area contributed by atoms with Crippen LogP contribution in [0.5, 0.6) is 0 Å². The molecule has 2 nitrogen and oxygen atoms in total. The van der Waals surface area contributed by atoms with E-state index >= 15 is 0 Å². The lowest BCUT2D eigenvalue weighted by atomic mass is 10.0. The van der Waals surface area contributed by atoms with E-state index in [-0.39, 0.29) is 0 Å². The molecule has 86 valence electrons. The normalized spacial score (nSPS) is 20.1. The zero-order valence-electron chi connectivity index (χ0n) is 9.95. The van der Waals surface area contributed by atoms with Crippen molar-refractivity contribution in [3.05, 3.63) is 35.9 Å². The number of nitrogens with zero attached hydrogens (tertiary/aromatic N) is 1. The largest absolute Gasteiger partial charge is 0.356 e. The molecule has 1 fully saturated rings. The highest BCUT2D eigenvalue weighted by atomic mass is 15.2. The van der Waals surface area contributed by atoms with Gasteiger partial charge in [0.05, 0.1) is 0 Å². The molecule has 0 saturated carbocycles. The number of nitrogens with one attached hydrogen (secondary N) is 1. The van der Waals surface area contributed by atoms with E-state index in [0.29, 0.717) is 5.84 Å². The predicted molar refractivity (Wildman–Crippen MR) is 67.9 cm³/mol. The van der Waals surface area contributed by atoms with Crippen LogP contribution in [0.1, 0.15) is 31.7 Å². The number of amidine groups is 1. The van der Waals surface area contributed by atoms with Gasteiger partial charge in [-0.1, -0.05) is 43.7 Å². The molecule has 0 aliphatic carbocycles. The summed E-state index contributed by atoms with van der Waals surface area (Å²) < 4.78 is 0. The summed E-state index contributed by atoms with van der Waals surface area (Å²) in [4.78, 5) is 2.22. The van der Waals surface area contributed by atoms with E-state index in [0.717, 1.165) is 24.6 Å². The maximum absolute atomic E-state index is 8.18. The van der Waals surface area contributed by atoms with Gasteiger partial charge in [-0.25, -0.2) is 0 Å². The van der Waals surface area contributed by atoms with Crippen LogP contribution in [-0.4, -0.2) is 23.8 Å². The second kappa shape index (κ2) is 5.15. The number of hydrogen-bond donors (Lipinski definition) is 1. The van der Waals surface area contributed by atoms with Crippen molar-refractivity contribution in [1.82, 2.24) is 4.90 Å². The monoisotopic (exact) mass is 216 g/mol. The van der Waals surface area contributed by atoms with Crippen molar-refractivity contribution >= 4 is 5.84 Å². The quantitative estimate of drug-likeness (QED) is 0.610. The smallest absolute Gasteiger partial charge is 0.128 e. The molecule has 1 heterocycles. The van der Waals surface area contributed by atoms with Crippen LogP contribution in [0.25, 0.3) is 0 Å². The van der Waals surface area contributed by atoms with Crippen LogP contribution in [0, 0.1) is 11.3 Å². The molecule has 0 aromatic heterocycles. The second-order valence-electron chi connectivity index (χ2n) is 4.60. The third-order valence-electron chi connectivity index (χ3n) is 3.35. The molecule has 1 unspecified atom stereocenters. The fraction of sp³-hybridized carbons (Fsp3) is 0.500. The third kappa shape index (κ3) is 2.43. The molecule has 0 spiro atoms. The van der Waals surface area contributed by atoms with Crippen LogP contribution in [0.4, 0.5) is 0 Å². The molecule has 1 aromatic carbocycles. The first-order valence-electron chi connectivity index (χ1n) is 6.20. The first-order valence-corrected chi connectivity index (χ1v) is 6.20. The lowest BCUT2D eigenvalue weighted by Crippen LogP contribution is -2.28. The highest BCUT2D eigenvalue weighted by Crippen LogP contribution is 2.22. The molecule has 1 saturated heterocycles. The van der Waals surface area contributed by atoms with Gasteiger partial charge in [0.15, 0.2) is 0 Å². The van der Waals surface area contributed by atoms with Gasteiger partial charge in [-0.05, 0) is 18.8 Å². The topological polar surface area (TPSA) is 27.1 Å². The van der Waals surface area contributed by atoms with E-state index < -0.39 is 0 Å². The fourth-order valence-corrected chi connectivity index (χ4v) is 2.46. The Hall–Kier alpha value is -1.31. The van der Waals surface area contributed by atoms with Crippen LogP contribution in [-0.2, 0) is 0 Å². The van der Waals surface area contributed by atoms with Crippen molar-refractivity contribution in [1.29, 1.82) is 5.41 Å². The minimum atomic E-state index is 0.694. The Morgan fingerprint density at radius 1 is 1.38 bits per heavy atom. The number of benzene rings is 1. The van der Waals surface area contributed by atoms with Crippen LogP contribution in [0.2, 0.25) is 0 Å². The van der Waals surface area contributed by atoms with Gasteiger partial charge in [-0.15, -0.1) is 0 Å². The summed E-state index contributed by atoms with van der Waals surface area (Å²) in [6.45, 7) is 4.37. The Labute approximate surface area is 97.8 Å². The van der Waals surface area contributed by atoms with Gasteiger partial charge in [0, 0.05) is 18.7 Å². The molecule has 1 aromatic rings. The molecule has 1 atom stereocenters. The Kier molecular flexibility index (Phi) is 3.60. The van der Waals surface area contributed by atoms with Gasteiger partial charge in [0.1, 0.15) is 5.84 Å². The summed E-state index contributed by atoms with van der Waals surface area (Å²) in [6, 6.07) is 10.1. The molecule has 1 N–H and O–H groups in total. The summed E-state index contributed by atoms with van der Waals surface area (Å²) in [5.41, 5.74) is 1.04. The molecule has 2 heteroatoms. The van der Waals surface area contributed by atoms with E-state index in [1.165, 1.54) is 19.3 Å². The minimum Gasteiger partial charge on any atom is -0.356 e. The maximum Gasteiger partial charge on any atom is 0.128 e. The van der Waals surface area contributed by atoms with Gasteiger partial charge in [-0.2, -0.15) is 0 Å². The summed E-state index contributed by atoms with van der Waals surface area (Å²) >= 11 is 0. The van der Waals surface area contributed by atoms with E-state index in [2.05, 4.69) is 11.8 Å². The number of likely N-dealkylation sites (tertiary alicyclic amines) is 1. The third-order valence-corrected chi connectivity index (χ3v) is 3.35. The first kappa shape index (κ1) is 11.2. The molecule has 0 bridgehead atoms. The molecular formula is C14H20N2. The van der Waals surface area contributed by atoms with E-state index in [9.17, 15) is 0 Å². The average molecular weight is 216 g/mol. The van der Waals surface area contributed by atoms with E-state index in [1.54, 1.807) is 0 Å². The summed E-state index contributed by atoms with van der Waals surface area (Å²) in [5.74, 6) is 1.49. The zero-order chi connectivity index (χ0) is 11.4. The van der Waals surface area contributed by atoms with Crippen LogP contribution >= 0.6 is 0 Å². The van der Waals surface area contributed by atoms with Crippen molar-refractivity contribution in [3.8, 4) is 0 Å². The predicted octanol–water partition coefficient (Wildman–Crippen LogP) is 3.13. The highest BCUT2D eigenvalue weighted by Gasteiger charge is 2.23. The zero-order valence-corrected chi connectivity index (χ0v) is 9.95. The molecular weight excluding hydrogens is 196 g/mol. The average Bonchev–Trinajstić information content (AvgIpc) is 2.78. The highest BCUT2D eigenvalue weighted by molar-refractivity contribution is 5.96. The summed E-state index contributed by atoms with van der Waals surface area (Å²) in [6.07, 6.45) is 3.82. The second-order valence-corrected chi connectivity index (χ2v) is 4.60. The molecule has 2 rings (SSSR count). The van der Waals surface area contributed by atoms with Gasteiger partial charge < -0.3 is 4.90 Å². The Morgan fingerprint density at radius 2 is 2.12 bits per heavy atom. The van der Waals surface area contributed by atoms with Gasteiger partial charge >= 0.3 is 0 Å². The lowest BCUT2D eigenvalue weighted by molar-refractivity contribution is 0.457. The Morgan fingerprint density at radius 3 is 2.81 bits per heavy atom. The van der Waals surface area contributed by atoms with Gasteiger partial charge in [0.25, 0.3) is 0 Å². The van der Waals surface area contributed by atoms with Crippen molar-refractivity contribution in [2.75, 3.05) is 13.1 Å².